The summed E-state index contributed by atoms with van der Waals surface area (Å²) in [4.78, 5) is 13.6. The molecule has 16 heavy (non-hydrogen) atoms. The molecule has 94 valence electrons. The molecule has 0 radical (unpaired) electrons. The fourth-order valence-electron chi connectivity index (χ4n) is 2.01. The lowest BCUT2D eigenvalue weighted by Gasteiger charge is -2.11. The highest BCUT2D eigenvalue weighted by atomic mass is 16.1. The summed E-state index contributed by atoms with van der Waals surface area (Å²) in [6.07, 6.45) is 3.98. The molecular weight excluding hydrogens is 202 g/mol. The first-order valence-electron chi connectivity index (χ1n) is 6.30. The van der Waals surface area contributed by atoms with Crippen LogP contribution in [0.3, 0.4) is 0 Å². The van der Waals surface area contributed by atoms with Gasteiger partial charge in [0.25, 0.3) is 0 Å². The number of hydrogen-bond donors (Lipinski definition) is 2. The summed E-state index contributed by atoms with van der Waals surface area (Å²) in [6.45, 7) is 4.05. The molecule has 1 saturated heterocycles. The Morgan fingerprint density at radius 2 is 2.31 bits per heavy atom. The molecule has 0 saturated carbocycles. The van der Waals surface area contributed by atoms with Crippen molar-refractivity contribution < 1.29 is 4.79 Å². The van der Waals surface area contributed by atoms with Crippen molar-refractivity contribution in [2.24, 2.45) is 5.92 Å². The van der Waals surface area contributed by atoms with Crippen LogP contribution in [0, 0.1) is 5.92 Å². The number of carbonyl (C=O) groups is 1. The molecule has 1 atom stereocenters. The summed E-state index contributed by atoms with van der Waals surface area (Å²) < 4.78 is 0. The lowest BCUT2D eigenvalue weighted by atomic mass is 10.0. The van der Waals surface area contributed by atoms with Crippen LogP contribution in [0.15, 0.2) is 0 Å². The Hall–Kier alpha value is -0.610. The second-order valence-corrected chi connectivity index (χ2v) is 4.90. The Balaban J connectivity index is 1.94. The monoisotopic (exact) mass is 227 g/mol. The third kappa shape index (κ3) is 6.08. The van der Waals surface area contributed by atoms with Crippen molar-refractivity contribution in [3.8, 4) is 0 Å². The molecule has 4 nitrogen and oxygen atoms in total. The SMILES string of the molecule is CN(C)CCCNC(=O)CCC1CCNC1. The van der Waals surface area contributed by atoms with E-state index < -0.39 is 0 Å². The lowest BCUT2D eigenvalue weighted by Crippen LogP contribution is -2.27. The molecule has 1 aliphatic rings. The molecule has 0 bridgehead atoms. The predicted molar refractivity (Wildman–Crippen MR) is 66.4 cm³/mol. The highest BCUT2D eigenvalue weighted by Crippen LogP contribution is 2.13. The number of amides is 1. The van der Waals surface area contributed by atoms with Crippen molar-refractivity contribution >= 4 is 5.91 Å². The summed E-state index contributed by atoms with van der Waals surface area (Å²) >= 11 is 0. The van der Waals surface area contributed by atoms with E-state index in [2.05, 4.69) is 29.6 Å². The third-order valence-corrected chi connectivity index (χ3v) is 3.05. The van der Waals surface area contributed by atoms with Gasteiger partial charge < -0.3 is 15.5 Å². The first-order chi connectivity index (χ1) is 7.68. The van der Waals surface area contributed by atoms with Gasteiger partial charge in [-0.05, 0) is 58.9 Å². The van der Waals surface area contributed by atoms with E-state index in [0.29, 0.717) is 12.3 Å². The van der Waals surface area contributed by atoms with E-state index in [9.17, 15) is 4.79 Å². The van der Waals surface area contributed by atoms with Gasteiger partial charge in [0.05, 0.1) is 0 Å². The lowest BCUT2D eigenvalue weighted by molar-refractivity contribution is -0.121. The van der Waals surface area contributed by atoms with Gasteiger partial charge in [-0.15, -0.1) is 0 Å². The molecule has 0 aliphatic carbocycles. The zero-order valence-corrected chi connectivity index (χ0v) is 10.6. The van der Waals surface area contributed by atoms with Crippen LogP contribution in [0.4, 0.5) is 0 Å². The van der Waals surface area contributed by atoms with E-state index >= 15 is 0 Å². The summed E-state index contributed by atoms with van der Waals surface area (Å²) in [5, 5.41) is 6.30. The molecule has 1 rings (SSSR count). The standard InChI is InChI=1S/C12H25N3O/c1-15(2)9-3-7-14-12(16)5-4-11-6-8-13-10-11/h11,13H,3-10H2,1-2H3,(H,14,16). The van der Waals surface area contributed by atoms with Crippen LogP contribution in [-0.2, 0) is 4.79 Å². The van der Waals surface area contributed by atoms with E-state index in [1.54, 1.807) is 0 Å². The van der Waals surface area contributed by atoms with E-state index in [0.717, 1.165) is 39.0 Å². The molecule has 1 unspecified atom stereocenters. The average molecular weight is 227 g/mol. The minimum Gasteiger partial charge on any atom is -0.356 e. The van der Waals surface area contributed by atoms with Gasteiger partial charge in [0.1, 0.15) is 0 Å². The number of carbonyl (C=O) groups excluding carboxylic acids is 1. The van der Waals surface area contributed by atoms with E-state index in [4.69, 9.17) is 0 Å². The van der Waals surface area contributed by atoms with Crippen LogP contribution in [0.5, 0.6) is 0 Å². The van der Waals surface area contributed by atoms with E-state index in [-0.39, 0.29) is 5.91 Å². The van der Waals surface area contributed by atoms with Gasteiger partial charge in [-0.1, -0.05) is 0 Å². The molecule has 2 N–H and O–H groups in total. The smallest absolute Gasteiger partial charge is 0.220 e. The summed E-state index contributed by atoms with van der Waals surface area (Å²) in [5.74, 6) is 0.929. The van der Waals surface area contributed by atoms with Crippen molar-refractivity contribution in [1.82, 2.24) is 15.5 Å². The van der Waals surface area contributed by atoms with Gasteiger partial charge in [0.15, 0.2) is 0 Å². The Morgan fingerprint density at radius 3 is 2.94 bits per heavy atom. The summed E-state index contributed by atoms with van der Waals surface area (Å²) in [5.41, 5.74) is 0. The topological polar surface area (TPSA) is 44.4 Å². The van der Waals surface area contributed by atoms with Crippen LogP contribution in [0.1, 0.15) is 25.7 Å². The van der Waals surface area contributed by atoms with Crippen molar-refractivity contribution in [3.05, 3.63) is 0 Å². The van der Waals surface area contributed by atoms with Crippen molar-refractivity contribution in [2.75, 3.05) is 40.3 Å². The fourth-order valence-corrected chi connectivity index (χ4v) is 2.01. The van der Waals surface area contributed by atoms with Gasteiger partial charge in [-0.3, -0.25) is 4.79 Å². The van der Waals surface area contributed by atoms with Crippen molar-refractivity contribution in [3.63, 3.8) is 0 Å². The Labute approximate surface area is 98.8 Å². The van der Waals surface area contributed by atoms with Crippen LogP contribution < -0.4 is 10.6 Å². The maximum atomic E-state index is 11.5. The largest absolute Gasteiger partial charge is 0.356 e. The van der Waals surface area contributed by atoms with Crippen LogP contribution >= 0.6 is 0 Å². The number of nitrogens with zero attached hydrogens (tertiary/aromatic N) is 1. The van der Waals surface area contributed by atoms with E-state index in [1.807, 2.05) is 0 Å². The van der Waals surface area contributed by atoms with Crippen LogP contribution in [-0.4, -0.2) is 51.1 Å². The van der Waals surface area contributed by atoms with Crippen LogP contribution in [0.2, 0.25) is 0 Å². The van der Waals surface area contributed by atoms with Gasteiger partial charge in [0, 0.05) is 13.0 Å². The second kappa shape index (κ2) is 7.63. The van der Waals surface area contributed by atoms with Crippen LogP contribution in [0.25, 0.3) is 0 Å². The zero-order chi connectivity index (χ0) is 11.8. The number of hydrogen-bond acceptors (Lipinski definition) is 3. The molecule has 4 heteroatoms. The van der Waals surface area contributed by atoms with Crippen molar-refractivity contribution in [1.29, 1.82) is 0 Å². The quantitative estimate of drug-likeness (QED) is 0.621. The molecule has 1 heterocycles. The second-order valence-electron chi connectivity index (χ2n) is 4.90. The molecule has 0 aromatic carbocycles. The predicted octanol–water partition coefficient (Wildman–Crippen LogP) is 0.444. The average Bonchev–Trinajstić information content (AvgIpc) is 2.74. The molecule has 1 aliphatic heterocycles. The first kappa shape index (κ1) is 13.5. The first-order valence-corrected chi connectivity index (χ1v) is 6.30. The molecule has 1 amide bonds. The minimum absolute atomic E-state index is 0.214. The van der Waals surface area contributed by atoms with Gasteiger partial charge in [-0.2, -0.15) is 0 Å². The van der Waals surface area contributed by atoms with E-state index in [1.165, 1.54) is 6.42 Å². The summed E-state index contributed by atoms with van der Waals surface area (Å²) in [6, 6.07) is 0. The normalized spacial score (nSPS) is 20.3. The minimum atomic E-state index is 0.214. The summed E-state index contributed by atoms with van der Waals surface area (Å²) in [7, 11) is 4.10. The molecule has 0 aromatic heterocycles. The Bertz CT molecular complexity index is 200. The fraction of sp³-hybridized carbons (Fsp3) is 0.917. The maximum absolute atomic E-state index is 11.5. The number of rotatable bonds is 7. The highest BCUT2D eigenvalue weighted by molar-refractivity contribution is 5.75. The molecule has 1 fully saturated rings. The molecular formula is C12H25N3O. The molecule has 0 spiro atoms. The maximum Gasteiger partial charge on any atom is 0.220 e. The zero-order valence-electron chi connectivity index (χ0n) is 10.6. The third-order valence-electron chi connectivity index (χ3n) is 3.05. The highest BCUT2D eigenvalue weighted by Gasteiger charge is 2.15. The Kier molecular flexibility index (Phi) is 6.42. The van der Waals surface area contributed by atoms with Crippen molar-refractivity contribution in [2.45, 2.75) is 25.7 Å². The van der Waals surface area contributed by atoms with Gasteiger partial charge in [0.2, 0.25) is 5.91 Å². The van der Waals surface area contributed by atoms with Gasteiger partial charge >= 0.3 is 0 Å². The Morgan fingerprint density at radius 1 is 1.50 bits per heavy atom. The number of nitrogens with one attached hydrogen (secondary N) is 2. The molecule has 0 aromatic rings. The van der Waals surface area contributed by atoms with Gasteiger partial charge in [-0.25, -0.2) is 0 Å².